The summed E-state index contributed by atoms with van der Waals surface area (Å²) >= 11 is 3.23. The Kier molecular flexibility index (Phi) is 4.14. The molecule has 0 radical (unpaired) electrons. The van der Waals surface area contributed by atoms with E-state index in [0.717, 1.165) is 18.5 Å². The Morgan fingerprint density at radius 2 is 2.22 bits per heavy atom. The second-order valence-corrected chi connectivity index (χ2v) is 5.19. The molecule has 5 heteroatoms. The van der Waals surface area contributed by atoms with Crippen LogP contribution in [0.4, 0.5) is 4.39 Å². The number of nitrogens with one attached hydrogen (secondary N) is 1. The summed E-state index contributed by atoms with van der Waals surface area (Å²) in [4.78, 5) is 0. The standard InChI is InChI=1S/C13H15BrFN3/c1-2-9(16)6-10-7-13(18-17-10)11-4-3-8(14)5-12(11)15/h3-5,7,9H,2,6,16H2,1H3,(H,17,18). The average Bonchev–Trinajstić information content (AvgIpc) is 2.77. The molecule has 96 valence electrons. The average molecular weight is 312 g/mol. The molecular formula is C13H15BrFN3. The molecule has 0 spiro atoms. The van der Waals surface area contributed by atoms with Crippen LogP contribution >= 0.6 is 15.9 Å². The fourth-order valence-electron chi connectivity index (χ4n) is 1.73. The van der Waals surface area contributed by atoms with Crippen LogP contribution in [0.3, 0.4) is 0 Å². The molecule has 2 rings (SSSR count). The van der Waals surface area contributed by atoms with Gasteiger partial charge in [0.2, 0.25) is 0 Å². The maximum atomic E-state index is 13.8. The van der Waals surface area contributed by atoms with E-state index in [1.165, 1.54) is 6.07 Å². The van der Waals surface area contributed by atoms with E-state index in [0.29, 0.717) is 15.7 Å². The number of nitrogens with zero attached hydrogens (tertiary/aromatic N) is 1. The van der Waals surface area contributed by atoms with Gasteiger partial charge in [-0.05, 0) is 30.7 Å². The fraction of sp³-hybridized carbons (Fsp3) is 0.308. The third-order valence-electron chi connectivity index (χ3n) is 2.84. The first kappa shape index (κ1) is 13.2. The Morgan fingerprint density at radius 3 is 2.89 bits per heavy atom. The maximum Gasteiger partial charge on any atom is 0.133 e. The number of aromatic amines is 1. The molecule has 3 N–H and O–H groups in total. The van der Waals surface area contributed by atoms with E-state index >= 15 is 0 Å². The zero-order valence-corrected chi connectivity index (χ0v) is 11.7. The third kappa shape index (κ3) is 2.97. The number of hydrogen-bond donors (Lipinski definition) is 2. The van der Waals surface area contributed by atoms with Crippen LogP contribution < -0.4 is 5.73 Å². The van der Waals surface area contributed by atoms with Crippen molar-refractivity contribution in [3.05, 3.63) is 40.2 Å². The molecule has 18 heavy (non-hydrogen) atoms. The number of rotatable bonds is 4. The molecule has 1 unspecified atom stereocenters. The summed E-state index contributed by atoms with van der Waals surface area (Å²) in [6.45, 7) is 2.04. The van der Waals surface area contributed by atoms with Crippen LogP contribution in [0, 0.1) is 5.82 Å². The van der Waals surface area contributed by atoms with E-state index in [2.05, 4.69) is 26.1 Å². The van der Waals surface area contributed by atoms with Crippen molar-refractivity contribution in [2.45, 2.75) is 25.8 Å². The molecule has 0 aliphatic carbocycles. The summed E-state index contributed by atoms with van der Waals surface area (Å²) in [6.07, 6.45) is 1.63. The Bertz CT molecular complexity index is 539. The zero-order valence-electron chi connectivity index (χ0n) is 10.1. The topological polar surface area (TPSA) is 54.7 Å². The van der Waals surface area contributed by atoms with Crippen LogP contribution in [0.25, 0.3) is 11.3 Å². The minimum Gasteiger partial charge on any atom is -0.327 e. The van der Waals surface area contributed by atoms with Crippen molar-refractivity contribution in [2.75, 3.05) is 0 Å². The largest absolute Gasteiger partial charge is 0.327 e. The number of nitrogens with two attached hydrogens (primary N) is 1. The molecule has 1 aromatic carbocycles. The first-order valence-corrected chi connectivity index (χ1v) is 6.64. The Balaban J connectivity index is 2.24. The Hall–Kier alpha value is -1.20. The van der Waals surface area contributed by atoms with Gasteiger partial charge in [-0.15, -0.1) is 0 Å². The number of hydrogen-bond acceptors (Lipinski definition) is 2. The lowest BCUT2D eigenvalue weighted by Gasteiger charge is -2.04. The normalized spacial score (nSPS) is 12.7. The Labute approximate surface area is 114 Å². The van der Waals surface area contributed by atoms with Gasteiger partial charge in [-0.2, -0.15) is 5.10 Å². The SMILES string of the molecule is CCC(N)Cc1cc(-c2ccc(Br)cc2F)n[nH]1. The number of H-pyrrole nitrogens is 1. The highest BCUT2D eigenvalue weighted by atomic mass is 79.9. The molecule has 3 nitrogen and oxygen atoms in total. The molecule has 0 aliphatic rings. The van der Waals surface area contributed by atoms with Crippen LogP contribution in [-0.4, -0.2) is 16.2 Å². The van der Waals surface area contributed by atoms with E-state index in [-0.39, 0.29) is 11.9 Å². The molecular weight excluding hydrogens is 297 g/mol. The Morgan fingerprint density at radius 1 is 1.44 bits per heavy atom. The molecule has 1 atom stereocenters. The molecule has 0 saturated carbocycles. The second kappa shape index (κ2) is 5.63. The predicted molar refractivity (Wildman–Crippen MR) is 73.7 cm³/mol. The zero-order chi connectivity index (χ0) is 13.1. The molecule has 1 heterocycles. The van der Waals surface area contributed by atoms with E-state index in [9.17, 15) is 4.39 Å². The van der Waals surface area contributed by atoms with Gasteiger partial charge in [-0.25, -0.2) is 4.39 Å². The highest BCUT2D eigenvalue weighted by molar-refractivity contribution is 9.10. The molecule has 0 fully saturated rings. The van der Waals surface area contributed by atoms with Gasteiger partial charge in [0.25, 0.3) is 0 Å². The van der Waals surface area contributed by atoms with Gasteiger partial charge >= 0.3 is 0 Å². The number of halogens is 2. The van der Waals surface area contributed by atoms with E-state index in [1.54, 1.807) is 12.1 Å². The second-order valence-electron chi connectivity index (χ2n) is 4.28. The molecule has 2 aromatic rings. The summed E-state index contributed by atoms with van der Waals surface area (Å²) in [5.41, 5.74) is 7.91. The molecule has 0 amide bonds. The van der Waals surface area contributed by atoms with Gasteiger partial charge < -0.3 is 5.73 Å². The van der Waals surface area contributed by atoms with Gasteiger partial charge in [0, 0.05) is 28.2 Å². The smallest absolute Gasteiger partial charge is 0.133 e. The van der Waals surface area contributed by atoms with Crippen LogP contribution in [-0.2, 0) is 6.42 Å². The fourth-order valence-corrected chi connectivity index (χ4v) is 2.06. The van der Waals surface area contributed by atoms with Crippen molar-refractivity contribution >= 4 is 15.9 Å². The lowest BCUT2D eigenvalue weighted by atomic mass is 10.1. The van der Waals surface area contributed by atoms with Crippen molar-refractivity contribution in [3.63, 3.8) is 0 Å². The number of benzene rings is 1. The highest BCUT2D eigenvalue weighted by Crippen LogP contribution is 2.24. The van der Waals surface area contributed by atoms with E-state index < -0.39 is 0 Å². The molecule has 0 saturated heterocycles. The third-order valence-corrected chi connectivity index (χ3v) is 3.34. The van der Waals surface area contributed by atoms with Gasteiger partial charge in [-0.1, -0.05) is 22.9 Å². The lowest BCUT2D eigenvalue weighted by molar-refractivity contribution is 0.629. The molecule has 1 aromatic heterocycles. The van der Waals surface area contributed by atoms with Gasteiger partial charge in [-0.3, -0.25) is 5.10 Å². The summed E-state index contributed by atoms with van der Waals surface area (Å²) in [5, 5.41) is 7.03. The van der Waals surface area contributed by atoms with Crippen molar-refractivity contribution in [1.82, 2.24) is 10.2 Å². The minimum absolute atomic E-state index is 0.105. The quantitative estimate of drug-likeness (QED) is 0.910. The van der Waals surface area contributed by atoms with Crippen molar-refractivity contribution in [2.24, 2.45) is 5.73 Å². The van der Waals surface area contributed by atoms with E-state index in [1.807, 2.05) is 13.0 Å². The first-order valence-electron chi connectivity index (χ1n) is 5.85. The summed E-state index contributed by atoms with van der Waals surface area (Å²) < 4.78 is 14.5. The summed E-state index contributed by atoms with van der Waals surface area (Å²) in [5.74, 6) is -0.290. The van der Waals surface area contributed by atoms with Crippen molar-refractivity contribution in [1.29, 1.82) is 0 Å². The van der Waals surface area contributed by atoms with Crippen LogP contribution in [0.2, 0.25) is 0 Å². The van der Waals surface area contributed by atoms with Gasteiger partial charge in [0.15, 0.2) is 0 Å². The molecule has 0 bridgehead atoms. The van der Waals surface area contributed by atoms with Gasteiger partial charge in [0.05, 0.1) is 5.69 Å². The maximum absolute atomic E-state index is 13.8. The first-order chi connectivity index (χ1) is 8.60. The lowest BCUT2D eigenvalue weighted by Crippen LogP contribution is -2.21. The monoisotopic (exact) mass is 311 g/mol. The van der Waals surface area contributed by atoms with Crippen LogP contribution in [0.15, 0.2) is 28.7 Å². The summed E-state index contributed by atoms with van der Waals surface area (Å²) in [6, 6.07) is 6.89. The van der Waals surface area contributed by atoms with Crippen LogP contribution in [0.5, 0.6) is 0 Å². The van der Waals surface area contributed by atoms with Gasteiger partial charge in [0.1, 0.15) is 5.82 Å². The predicted octanol–water partition coefficient (Wildman–Crippen LogP) is 3.26. The summed E-state index contributed by atoms with van der Waals surface area (Å²) in [7, 11) is 0. The van der Waals surface area contributed by atoms with Crippen LogP contribution in [0.1, 0.15) is 19.0 Å². The highest BCUT2D eigenvalue weighted by Gasteiger charge is 2.10. The van der Waals surface area contributed by atoms with Crippen molar-refractivity contribution in [3.8, 4) is 11.3 Å². The van der Waals surface area contributed by atoms with Crippen molar-refractivity contribution < 1.29 is 4.39 Å². The minimum atomic E-state index is -0.290. The molecule has 0 aliphatic heterocycles. The number of aromatic nitrogens is 2. The van der Waals surface area contributed by atoms with E-state index in [4.69, 9.17) is 5.73 Å².